The molecule has 0 radical (unpaired) electrons. The Bertz CT molecular complexity index is 1870. The zero-order valence-corrected chi connectivity index (χ0v) is 21.4. The lowest BCUT2D eigenvalue weighted by atomic mass is 9.57. The molecule has 0 saturated carbocycles. The molecule has 1 heteroatoms. The lowest BCUT2D eigenvalue weighted by Crippen LogP contribution is -2.37. The maximum Gasteiger partial charge on any atom is 0.135 e. The molecular formula is C38H26O. The van der Waals surface area contributed by atoms with E-state index < -0.39 is 5.41 Å². The third-order valence-electron chi connectivity index (χ3n) is 8.50. The van der Waals surface area contributed by atoms with Crippen molar-refractivity contribution >= 4 is 21.9 Å². The molecule has 0 N–H and O–H groups in total. The van der Waals surface area contributed by atoms with E-state index in [4.69, 9.17) is 4.42 Å². The molecule has 0 atom stereocenters. The highest BCUT2D eigenvalue weighted by Gasteiger charge is 2.46. The third-order valence-corrected chi connectivity index (χ3v) is 8.50. The summed E-state index contributed by atoms with van der Waals surface area (Å²) in [6, 6.07) is 55.1. The molecule has 0 fully saturated rings. The first-order valence-electron chi connectivity index (χ1n) is 13.6. The van der Waals surface area contributed by atoms with Crippen LogP contribution in [0.1, 0.15) is 44.9 Å². The van der Waals surface area contributed by atoms with E-state index in [2.05, 4.69) is 140 Å². The first-order chi connectivity index (χ1) is 19.4. The van der Waals surface area contributed by atoms with E-state index in [0.717, 1.165) is 16.6 Å². The van der Waals surface area contributed by atoms with Crippen LogP contribution in [0.4, 0.5) is 0 Å². The lowest BCUT2D eigenvalue weighted by molar-refractivity contribution is 0.667. The van der Waals surface area contributed by atoms with Crippen LogP contribution in [-0.4, -0.2) is 0 Å². The molecule has 8 rings (SSSR count). The molecule has 1 nitrogen and oxygen atoms in total. The topological polar surface area (TPSA) is 13.1 Å². The summed E-state index contributed by atoms with van der Waals surface area (Å²) in [4.78, 5) is 0. The maximum absolute atomic E-state index is 6.18. The van der Waals surface area contributed by atoms with E-state index in [1.807, 2.05) is 12.1 Å². The van der Waals surface area contributed by atoms with Crippen LogP contribution in [0.15, 0.2) is 156 Å². The molecule has 0 amide bonds. The number of rotatable bonds is 3. The van der Waals surface area contributed by atoms with Crippen LogP contribution in [0, 0.1) is 0 Å². The highest BCUT2D eigenvalue weighted by molar-refractivity contribution is 6.05. The van der Waals surface area contributed by atoms with Crippen LogP contribution in [-0.2, 0) is 5.41 Å². The number of furan rings is 1. The standard InChI is InChI=1S/C38H26O/c1-3-13-27(14-4-1)38(28-15-5-2-6-16-28)33-20-10-7-18-30(33)37(31-19-8-11-21-34(31)38)26-23-24-36-32(25-26)29-17-9-12-22-35(29)39-36/h1-25,37H. The number of para-hydroxylation sites is 1. The van der Waals surface area contributed by atoms with Gasteiger partial charge in [0.1, 0.15) is 11.2 Å². The summed E-state index contributed by atoms with van der Waals surface area (Å²) in [6.45, 7) is 0. The summed E-state index contributed by atoms with van der Waals surface area (Å²) in [6.07, 6.45) is 0. The van der Waals surface area contributed by atoms with E-state index in [-0.39, 0.29) is 5.92 Å². The minimum atomic E-state index is -0.418. The number of hydrogen-bond donors (Lipinski definition) is 0. The Kier molecular flexibility index (Phi) is 4.87. The second-order valence-corrected chi connectivity index (χ2v) is 10.4. The number of fused-ring (bicyclic) bond motifs is 5. The van der Waals surface area contributed by atoms with Gasteiger partial charge in [-0.15, -0.1) is 0 Å². The Labute approximate surface area is 228 Å². The molecular weight excluding hydrogens is 472 g/mol. The monoisotopic (exact) mass is 498 g/mol. The van der Waals surface area contributed by atoms with Gasteiger partial charge in [0.2, 0.25) is 0 Å². The van der Waals surface area contributed by atoms with E-state index >= 15 is 0 Å². The second kappa shape index (κ2) is 8.58. The van der Waals surface area contributed by atoms with Crippen LogP contribution in [0.2, 0.25) is 0 Å². The van der Waals surface area contributed by atoms with Gasteiger partial charge in [-0.05, 0) is 57.1 Å². The molecule has 184 valence electrons. The van der Waals surface area contributed by atoms with Crippen molar-refractivity contribution in [2.45, 2.75) is 11.3 Å². The zero-order valence-electron chi connectivity index (χ0n) is 21.4. The van der Waals surface area contributed by atoms with Gasteiger partial charge in [-0.2, -0.15) is 0 Å². The average Bonchev–Trinajstić information content (AvgIpc) is 3.39. The maximum atomic E-state index is 6.18. The molecule has 0 aliphatic heterocycles. The zero-order chi connectivity index (χ0) is 25.8. The van der Waals surface area contributed by atoms with Gasteiger partial charge >= 0.3 is 0 Å². The summed E-state index contributed by atoms with van der Waals surface area (Å²) >= 11 is 0. The molecule has 7 aromatic rings. The van der Waals surface area contributed by atoms with Crippen LogP contribution in [0.5, 0.6) is 0 Å². The summed E-state index contributed by atoms with van der Waals surface area (Å²) < 4.78 is 6.18. The molecule has 6 aromatic carbocycles. The minimum Gasteiger partial charge on any atom is -0.456 e. The van der Waals surface area contributed by atoms with Crippen molar-refractivity contribution in [3.05, 3.63) is 191 Å². The van der Waals surface area contributed by atoms with Crippen LogP contribution < -0.4 is 0 Å². The van der Waals surface area contributed by atoms with Gasteiger partial charge in [-0.3, -0.25) is 0 Å². The Morgan fingerprint density at radius 1 is 0.436 bits per heavy atom. The second-order valence-electron chi connectivity index (χ2n) is 10.4. The van der Waals surface area contributed by atoms with Gasteiger partial charge in [-0.1, -0.05) is 133 Å². The highest BCUT2D eigenvalue weighted by Crippen LogP contribution is 2.55. The molecule has 1 heterocycles. The van der Waals surface area contributed by atoms with Crippen molar-refractivity contribution in [1.82, 2.24) is 0 Å². The largest absolute Gasteiger partial charge is 0.456 e. The fraction of sp³-hybridized carbons (Fsp3) is 0.0526. The van der Waals surface area contributed by atoms with Crippen molar-refractivity contribution < 1.29 is 4.42 Å². The van der Waals surface area contributed by atoms with Gasteiger partial charge < -0.3 is 4.42 Å². The summed E-state index contributed by atoms with van der Waals surface area (Å²) in [5.74, 6) is 0.107. The lowest BCUT2D eigenvalue weighted by Gasteiger charge is -2.45. The predicted octanol–water partition coefficient (Wildman–Crippen LogP) is 9.46. The van der Waals surface area contributed by atoms with Crippen molar-refractivity contribution in [2.75, 3.05) is 0 Å². The molecule has 1 aromatic heterocycles. The van der Waals surface area contributed by atoms with Crippen molar-refractivity contribution in [2.24, 2.45) is 0 Å². The fourth-order valence-electron chi connectivity index (χ4n) is 6.94. The Hall–Kier alpha value is -4.88. The first kappa shape index (κ1) is 22.1. The quantitative estimate of drug-likeness (QED) is 0.236. The molecule has 0 unspecified atom stereocenters. The first-order valence-corrected chi connectivity index (χ1v) is 13.6. The SMILES string of the molecule is c1ccc(C2(c3ccccc3)c3ccccc3C(c3ccc4oc5ccccc5c4c3)c3ccccc32)cc1. The van der Waals surface area contributed by atoms with Crippen molar-refractivity contribution in [3.8, 4) is 0 Å². The van der Waals surface area contributed by atoms with Gasteiger partial charge in [0.25, 0.3) is 0 Å². The molecule has 0 saturated heterocycles. The van der Waals surface area contributed by atoms with E-state index in [1.165, 1.54) is 44.3 Å². The van der Waals surface area contributed by atoms with Gasteiger partial charge in [0.05, 0.1) is 5.41 Å². The molecule has 0 spiro atoms. The van der Waals surface area contributed by atoms with Gasteiger partial charge in [0.15, 0.2) is 0 Å². The normalized spacial score (nSPS) is 14.3. The summed E-state index contributed by atoms with van der Waals surface area (Å²) in [5.41, 5.74) is 10.7. The summed E-state index contributed by atoms with van der Waals surface area (Å²) in [7, 11) is 0. The average molecular weight is 499 g/mol. The van der Waals surface area contributed by atoms with Gasteiger partial charge in [0, 0.05) is 16.7 Å². The Morgan fingerprint density at radius 3 is 1.59 bits per heavy atom. The fourth-order valence-corrected chi connectivity index (χ4v) is 6.94. The smallest absolute Gasteiger partial charge is 0.135 e. The van der Waals surface area contributed by atoms with Gasteiger partial charge in [-0.25, -0.2) is 0 Å². The molecule has 39 heavy (non-hydrogen) atoms. The minimum absolute atomic E-state index is 0.107. The van der Waals surface area contributed by atoms with Crippen molar-refractivity contribution in [3.63, 3.8) is 0 Å². The predicted molar refractivity (Wildman–Crippen MR) is 159 cm³/mol. The van der Waals surface area contributed by atoms with Crippen LogP contribution in [0.25, 0.3) is 21.9 Å². The highest BCUT2D eigenvalue weighted by atomic mass is 16.3. The number of hydrogen-bond acceptors (Lipinski definition) is 1. The van der Waals surface area contributed by atoms with E-state index in [1.54, 1.807) is 0 Å². The molecule has 1 aliphatic carbocycles. The third kappa shape index (κ3) is 3.14. The Morgan fingerprint density at radius 2 is 0.949 bits per heavy atom. The van der Waals surface area contributed by atoms with Crippen molar-refractivity contribution in [1.29, 1.82) is 0 Å². The van der Waals surface area contributed by atoms with Crippen LogP contribution >= 0.6 is 0 Å². The summed E-state index contributed by atoms with van der Waals surface area (Å²) in [5, 5.41) is 2.33. The van der Waals surface area contributed by atoms with E-state index in [9.17, 15) is 0 Å². The molecule has 0 bridgehead atoms. The van der Waals surface area contributed by atoms with E-state index in [0.29, 0.717) is 0 Å². The Balaban J connectivity index is 1.47. The van der Waals surface area contributed by atoms with Crippen LogP contribution in [0.3, 0.4) is 0 Å². The molecule has 1 aliphatic rings. The number of benzene rings is 6.